The van der Waals surface area contributed by atoms with Gasteiger partial charge in [-0.3, -0.25) is 9.59 Å². The van der Waals surface area contributed by atoms with Crippen molar-refractivity contribution in [2.24, 2.45) is 5.41 Å². The molecular weight excluding hydrogens is 294 g/mol. The van der Waals surface area contributed by atoms with Crippen molar-refractivity contribution in [1.29, 1.82) is 0 Å². The van der Waals surface area contributed by atoms with E-state index in [4.69, 9.17) is 4.74 Å². The van der Waals surface area contributed by atoms with Crippen molar-refractivity contribution in [3.63, 3.8) is 0 Å². The van der Waals surface area contributed by atoms with Crippen LogP contribution in [0.5, 0.6) is 0 Å². The molecule has 1 amide bonds. The summed E-state index contributed by atoms with van der Waals surface area (Å²) < 4.78 is 9.01. The summed E-state index contributed by atoms with van der Waals surface area (Å²) in [6.45, 7) is 2.92. The number of carboxylic acid groups (broad SMARTS) is 1. The second-order valence-corrected chi connectivity index (χ2v) is 5.93. The summed E-state index contributed by atoms with van der Waals surface area (Å²) in [5.74, 6) is -1.18. The van der Waals surface area contributed by atoms with Crippen molar-refractivity contribution in [2.75, 3.05) is 19.8 Å². The van der Waals surface area contributed by atoms with Crippen molar-refractivity contribution in [2.45, 2.75) is 32.6 Å². The van der Waals surface area contributed by atoms with Gasteiger partial charge in [0.05, 0.1) is 11.1 Å². The number of hydrogen-bond donors (Lipinski definition) is 2. The Morgan fingerprint density at radius 3 is 2.76 bits per heavy atom. The molecule has 7 nitrogen and oxygen atoms in total. The van der Waals surface area contributed by atoms with Gasteiger partial charge >= 0.3 is 5.97 Å². The zero-order chi connectivity index (χ0) is 15.3. The number of carbonyl (C=O) groups is 2. The maximum absolute atomic E-state index is 12.2. The van der Waals surface area contributed by atoms with Crippen LogP contribution in [0.4, 0.5) is 0 Å². The summed E-state index contributed by atoms with van der Waals surface area (Å²) >= 11 is 1.05. The number of carboxylic acids is 1. The fraction of sp³-hybridized carbons (Fsp3) is 0.692. The van der Waals surface area contributed by atoms with Gasteiger partial charge in [-0.25, -0.2) is 0 Å². The number of aliphatic carboxylic acids is 1. The van der Waals surface area contributed by atoms with Crippen LogP contribution in [0.2, 0.25) is 0 Å². The maximum atomic E-state index is 12.2. The fourth-order valence-electron chi connectivity index (χ4n) is 2.34. The summed E-state index contributed by atoms with van der Waals surface area (Å²) in [5.41, 5.74) is -0.256. The van der Waals surface area contributed by atoms with Gasteiger partial charge in [0.25, 0.3) is 5.91 Å². The third kappa shape index (κ3) is 3.56. The molecule has 0 bridgehead atoms. The summed E-state index contributed by atoms with van der Waals surface area (Å²) in [6, 6.07) is 0. The summed E-state index contributed by atoms with van der Waals surface area (Å²) in [7, 11) is 0. The topological polar surface area (TPSA) is 101 Å². The van der Waals surface area contributed by atoms with Gasteiger partial charge in [-0.1, -0.05) is 17.8 Å². The molecule has 0 atom stereocenters. The van der Waals surface area contributed by atoms with E-state index in [1.54, 1.807) is 0 Å². The molecule has 1 aromatic rings. The minimum atomic E-state index is -0.934. The van der Waals surface area contributed by atoms with Gasteiger partial charge in [0.1, 0.15) is 4.88 Å². The van der Waals surface area contributed by atoms with Crippen molar-refractivity contribution in [3.8, 4) is 0 Å². The number of carbonyl (C=O) groups excluding carboxylic acids is 1. The lowest BCUT2D eigenvalue weighted by Gasteiger charge is -2.33. The summed E-state index contributed by atoms with van der Waals surface area (Å²) in [6.07, 6.45) is 2.38. The predicted molar refractivity (Wildman–Crippen MR) is 76.4 cm³/mol. The van der Waals surface area contributed by atoms with Crippen LogP contribution in [0.25, 0.3) is 0 Å². The maximum Gasteiger partial charge on any atom is 0.311 e. The number of rotatable bonds is 6. The molecule has 1 aliphatic rings. The Bertz CT molecular complexity index is 511. The molecule has 1 aliphatic heterocycles. The van der Waals surface area contributed by atoms with E-state index in [2.05, 4.69) is 14.9 Å². The molecular formula is C13H19N3O4S. The van der Waals surface area contributed by atoms with Crippen LogP contribution >= 0.6 is 11.5 Å². The molecule has 1 aromatic heterocycles. The highest BCUT2D eigenvalue weighted by atomic mass is 32.1. The molecule has 21 heavy (non-hydrogen) atoms. The monoisotopic (exact) mass is 313 g/mol. The van der Waals surface area contributed by atoms with Crippen LogP contribution in [0.3, 0.4) is 0 Å². The SMILES string of the molecule is CCCc1nnsc1C(=O)NCC1(C(=O)O)CCOCC1. The number of aryl methyl sites for hydroxylation is 1. The van der Waals surface area contributed by atoms with Gasteiger partial charge in [-0.2, -0.15) is 0 Å². The minimum absolute atomic E-state index is 0.105. The average molecular weight is 313 g/mol. The quantitative estimate of drug-likeness (QED) is 0.815. The van der Waals surface area contributed by atoms with Crippen molar-refractivity contribution in [3.05, 3.63) is 10.6 Å². The molecule has 2 heterocycles. The highest BCUT2D eigenvalue weighted by Crippen LogP contribution is 2.30. The first kappa shape index (κ1) is 15.8. The first-order valence-corrected chi connectivity index (χ1v) is 7.77. The summed E-state index contributed by atoms with van der Waals surface area (Å²) in [4.78, 5) is 24.2. The largest absolute Gasteiger partial charge is 0.481 e. The van der Waals surface area contributed by atoms with E-state index < -0.39 is 11.4 Å². The van der Waals surface area contributed by atoms with E-state index in [0.717, 1.165) is 18.0 Å². The fourth-order valence-corrected chi connectivity index (χ4v) is 2.96. The Morgan fingerprint density at radius 1 is 1.43 bits per heavy atom. The van der Waals surface area contributed by atoms with E-state index >= 15 is 0 Å². The number of aromatic nitrogens is 2. The first-order valence-electron chi connectivity index (χ1n) is 6.99. The van der Waals surface area contributed by atoms with Gasteiger partial charge in [-0.15, -0.1) is 5.10 Å². The van der Waals surface area contributed by atoms with E-state index in [0.29, 0.717) is 43.0 Å². The van der Waals surface area contributed by atoms with E-state index in [1.165, 1.54) is 0 Å². The molecule has 116 valence electrons. The Labute approximate surface area is 126 Å². The highest BCUT2D eigenvalue weighted by Gasteiger charge is 2.40. The Morgan fingerprint density at radius 2 is 2.14 bits per heavy atom. The normalized spacial score (nSPS) is 17.4. The van der Waals surface area contributed by atoms with Gasteiger partial charge in [0.15, 0.2) is 0 Å². The number of ether oxygens (including phenoxy) is 1. The van der Waals surface area contributed by atoms with Crippen LogP contribution in [0.15, 0.2) is 0 Å². The van der Waals surface area contributed by atoms with Gasteiger partial charge < -0.3 is 15.2 Å². The zero-order valence-corrected chi connectivity index (χ0v) is 12.7. The second-order valence-electron chi connectivity index (χ2n) is 5.18. The molecule has 8 heteroatoms. The Balaban J connectivity index is 2.02. The molecule has 0 aliphatic carbocycles. The van der Waals surface area contributed by atoms with Gasteiger partial charge in [0.2, 0.25) is 0 Å². The number of amides is 1. The third-order valence-electron chi connectivity index (χ3n) is 3.74. The molecule has 0 spiro atoms. The lowest BCUT2D eigenvalue weighted by molar-refractivity contribution is -0.154. The molecule has 0 radical (unpaired) electrons. The molecule has 0 unspecified atom stereocenters. The molecule has 2 N–H and O–H groups in total. The number of nitrogens with zero attached hydrogens (tertiary/aromatic N) is 2. The predicted octanol–water partition coefficient (Wildman–Crippen LogP) is 1.10. The van der Waals surface area contributed by atoms with Crippen LogP contribution in [-0.4, -0.2) is 46.3 Å². The van der Waals surface area contributed by atoms with Crippen LogP contribution in [-0.2, 0) is 16.0 Å². The third-order valence-corrected chi connectivity index (χ3v) is 4.51. The molecule has 1 fully saturated rings. The highest BCUT2D eigenvalue weighted by molar-refractivity contribution is 7.08. The van der Waals surface area contributed by atoms with Gasteiger partial charge in [-0.05, 0) is 30.8 Å². The zero-order valence-electron chi connectivity index (χ0n) is 11.9. The van der Waals surface area contributed by atoms with Crippen LogP contribution in [0.1, 0.15) is 41.6 Å². The Kier molecular flexibility index (Phi) is 5.24. The van der Waals surface area contributed by atoms with Gasteiger partial charge in [0, 0.05) is 19.8 Å². The van der Waals surface area contributed by atoms with Crippen LogP contribution < -0.4 is 5.32 Å². The minimum Gasteiger partial charge on any atom is -0.481 e. The van der Waals surface area contributed by atoms with E-state index in [9.17, 15) is 14.7 Å². The average Bonchev–Trinajstić information content (AvgIpc) is 2.94. The molecule has 0 saturated carbocycles. The lowest BCUT2D eigenvalue weighted by Crippen LogP contribution is -2.46. The lowest BCUT2D eigenvalue weighted by atomic mass is 9.80. The molecule has 1 saturated heterocycles. The number of nitrogens with one attached hydrogen (secondary N) is 1. The molecule has 0 aromatic carbocycles. The Hall–Kier alpha value is -1.54. The standard InChI is InChI=1S/C13H19N3O4S/c1-2-3-9-10(21-16-15-9)11(17)14-8-13(12(18)19)4-6-20-7-5-13/h2-8H2,1H3,(H,14,17)(H,18,19). The molecule has 2 rings (SSSR count). The number of hydrogen-bond acceptors (Lipinski definition) is 6. The smallest absolute Gasteiger partial charge is 0.311 e. The van der Waals surface area contributed by atoms with E-state index in [-0.39, 0.29) is 12.5 Å². The van der Waals surface area contributed by atoms with Crippen LogP contribution in [0, 0.1) is 5.41 Å². The summed E-state index contributed by atoms with van der Waals surface area (Å²) in [5, 5.41) is 16.1. The van der Waals surface area contributed by atoms with E-state index in [1.807, 2.05) is 6.92 Å². The van der Waals surface area contributed by atoms with Crippen molar-refractivity contribution >= 4 is 23.4 Å². The van der Waals surface area contributed by atoms with Crippen molar-refractivity contribution < 1.29 is 19.4 Å². The van der Waals surface area contributed by atoms with Crippen molar-refractivity contribution in [1.82, 2.24) is 14.9 Å². The first-order chi connectivity index (χ1) is 10.1. The second kappa shape index (κ2) is 6.95.